The smallest absolute Gasteiger partial charge is 0.337 e. The van der Waals surface area contributed by atoms with Crippen LogP contribution >= 0.6 is 0 Å². The minimum absolute atomic E-state index is 0.328. The molecule has 22 heavy (non-hydrogen) atoms. The first-order chi connectivity index (χ1) is 10.6. The lowest BCUT2D eigenvalue weighted by atomic mass is 10.2. The summed E-state index contributed by atoms with van der Waals surface area (Å²) in [4.78, 5) is 17.9. The lowest BCUT2D eigenvalue weighted by Gasteiger charge is -2.27. The van der Waals surface area contributed by atoms with E-state index in [1.54, 1.807) is 12.3 Å². The van der Waals surface area contributed by atoms with Crippen LogP contribution < -0.4 is 4.90 Å². The number of hydrogen-bond acceptors (Lipinski definition) is 4. The van der Waals surface area contributed by atoms with Crippen LogP contribution in [0, 0.1) is 13.8 Å². The summed E-state index contributed by atoms with van der Waals surface area (Å²) in [5.41, 5.74) is 2.80. The average molecular weight is 301 g/mol. The number of carboxylic acid groups (broad SMARTS) is 1. The van der Waals surface area contributed by atoms with E-state index in [-0.39, 0.29) is 0 Å². The number of rotatable bonds is 3. The minimum atomic E-state index is -0.905. The van der Waals surface area contributed by atoms with E-state index in [9.17, 15) is 9.90 Å². The van der Waals surface area contributed by atoms with Gasteiger partial charge >= 0.3 is 5.97 Å². The monoisotopic (exact) mass is 301 g/mol. The highest BCUT2D eigenvalue weighted by Gasteiger charge is 2.17. The van der Waals surface area contributed by atoms with Crippen molar-refractivity contribution in [2.75, 3.05) is 31.2 Å². The Balaban J connectivity index is 1.91. The predicted octanol–water partition coefficient (Wildman–Crippen LogP) is 2.02. The first kappa shape index (κ1) is 14.6. The van der Waals surface area contributed by atoms with Crippen LogP contribution in [0.2, 0.25) is 0 Å². The number of aromatic nitrogens is 2. The zero-order valence-electron chi connectivity index (χ0n) is 12.7. The Morgan fingerprint density at radius 1 is 1.27 bits per heavy atom. The maximum absolute atomic E-state index is 11.2. The Hall–Kier alpha value is -2.34. The van der Waals surface area contributed by atoms with Crippen molar-refractivity contribution in [2.24, 2.45) is 0 Å². The highest BCUT2D eigenvalue weighted by molar-refractivity contribution is 5.89. The number of anilines is 1. The van der Waals surface area contributed by atoms with E-state index in [1.165, 1.54) is 0 Å². The molecule has 1 N–H and O–H groups in total. The van der Waals surface area contributed by atoms with Gasteiger partial charge in [-0.15, -0.1) is 0 Å². The molecule has 0 aliphatic carbocycles. The van der Waals surface area contributed by atoms with Gasteiger partial charge in [-0.2, -0.15) is 0 Å². The van der Waals surface area contributed by atoms with Crippen LogP contribution in [0.1, 0.15) is 21.7 Å². The molecule has 2 aromatic heterocycles. The third-order valence-electron chi connectivity index (χ3n) is 3.99. The van der Waals surface area contributed by atoms with Crippen LogP contribution in [-0.4, -0.2) is 46.9 Å². The second kappa shape index (κ2) is 5.81. The van der Waals surface area contributed by atoms with Crippen LogP contribution in [-0.2, 0) is 4.74 Å². The quantitative estimate of drug-likeness (QED) is 0.939. The average Bonchev–Trinajstić information content (AvgIpc) is 2.83. The van der Waals surface area contributed by atoms with Crippen molar-refractivity contribution in [1.29, 1.82) is 0 Å². The number of morpholine rings is 1. The number of pyridine rings is 1. The molecule has 0 spiro atoms. The van der Waals surface area contributed by atoms with Gasteiger partial charge in [-0.25, -0.2) is 9.78 Å². The van der Waals surface area contributed by atoms with E-state index in [1.807, 2.05) is 30.5 Å². The van der Waals surface area contributed by atoms with Crippen LogP contribution in [0.4, 0.5) is 5.82 Å². The van der Waals surface area contributed by atoms with E-state index >= 15 is 0 Å². The lowest BCUT2D eigenvalue weighted by molar-refractivity contribution is 0.0696. The van der Waals surface area contributed by atoms with Crippen molar-refractivity contribution in [3.63, 3.8) is 0 Å². The fourth-order valence-corrected chi connectivity index (χ4v) is 2.87. The SMILES string of the molecule is Cc1cc(C(=O)O)c(C)n1-c1ccc(N2CCOCC2)nc1. The van der Waals surface area contributed by atoms with E-state index < -0.39 is 5.97 Å². The molecule has 6 nitrogen and oxygen atoms in total. The summed E-state index contributed by atoms with van der Waals surface area (Å²) in [5, 5.41) is 9.22. The maximum atomic E-state index is 11.2. The number of aromatic carboxylic acids is 1. The first-order valence-electron chi connectivity index (χ1n) is 7.29. The second-order valence-corrected chi connectivity index (χ2v) is 5.40. The Bertz CT molecular complexity index is 685. The molecule has 0 saturated carbocycles. The second-order valence-electron chi connectivity index (χ2n) is 5.40. The highest BCUT2D eigenvalue weighted by Crippen LogP contribution is 2.22. The molecule has 6 heteroatoms. The van der Waals surface area contributed by atoms with Gasteiger partial charge in [0.2, 0.25) is 0 Å². The summed E-state index contributed by atoms with van der Waals surface area (Å²) in [7, 11) is 0. The van der Waals surface area contributed by atoms with Gasteiger partial charge in [-0.05, 0) is 32.0 Å². The molecule has 0 amide bonds. The molecular formula is C16H19N3O3. The van der Waals surface area contributed by atoms with E-state index in [0.29, 0.717) is 11.3 Å². The van der Waals surface area contributed by atoms with Crippen molar-refractivity contribution in [2.45, 2.75) is 13.8 Å². The van der Waals surface area contributed by atoms with E-state index in [2.05, 4.69) is 9.88 Å². The number of hydrogen-bond donors (Lipinski definition) is 1. The number of carboxylic acids is 1. The standard InChI is InChI=1S/C16H19N3O3/c1-11-9-14(16(20)21)12(2)19(11)13-3-4-15(17-10-13)18-5-7-22-8-6-18/h3-4,9-10H,5-8H2,1-2H3,(H,20,21). The van der Waals surface area contributed by atoms with Crippen molar-refractivity contribution in [1.82, 2.24) is 9.55 Å². The van der Waals surface area contributed by atoms with Gasteiger partial charge in [0.1, 0.15) is 5.82 Å². The summed E-state index contributed by atoms with van der Waals surface area (Å²) >= 11 is 0. The van der Waals surface area contributed by atoms with Crippen LogP contribution in [0.15, 0.2) is 24.4 Å². The molecule has 1 aliphatic rings. The molecule has 116 valence electrons. The molecular weight excluding hydrogens is 282 g/mol. The van der Waals surface area contributed by atoms with Crippen molar-refractivity contribution in [3.05, 3.63) is 41.3 Å². The molecule has 0 radical (unpaired) electrons. The van der Waals surface area contributed by atoms with Gasteiger partial charge in [0.25, 0.3) is 0 Å². The molecule has 0 bridgehead atoms. The number of ether oxygens (including phenoxy) is 1. The van der Waals surface area contributed by atoms with Gasteiger partial charge in [-0.1, -0.05) is 0 Å². The topological polar surface area (TPSA) is 67.6 Å². The van der Waals surface area contributed by atoms with Gasteiger partial charge in [-0.3, -0.25) is 0 Å². The summed E-state index contributed by atoms with van der Waals surface area (Å²) in [6, 6.07) is 5.64. The minimum Gasteiger partial charge on any atom is -0.478 e. The molecule has 2 aromatic rings. The molecule has 1 saturated heterocycles. The Kier molecular flexibility index (Phi) is 3.85. The van der Waals surface area contributed by atoms with Crippen LogP contribution in [0.3, 0.4) is 0 Å². The lowest BCUT2D eigenvalue weighted by Crippen LogP contribution is -2.36. The molecule has 0 atom stereocenters. The third kappa shape index (κ3) is 2.57. The maximum Gasteiger partial charge on any atom is 0.337 e. The zero-order chi connectivity index (χ0) is 15.7. The Labute approximate surface area is 129 Å². The fraction of sp³-hybridized carbons (Fsp3) is 0.375. The predicted molar refractivity (Wildman–Crippen MR) is 83.0 cm³/mol. The number of nitrogens with zero attached hydrogens (tertiary/aromatic N) is 3. The summed E-state index contributed by atoms with van der Waals surface area (Å²) in [5.74, 6) is 0.0187. The molecule has 1 fully saturated rings. The normalized spacial score (nSPS) is 15.1. The van der Waals surface area contributed by atoms with E-state index in [4.69, 9.17) is 4.74 Å². The molecule has 1 aliphatic heterocycles. The van der Waals surface area contributed by atoms with Crippen molar-refractivity contribution < 1.29 is 14.6 Å². The van der Waals surface area contributed by atoms with E-state index in [0.717, 1.165) is 43.5 Å². The fourth-order valence-electron chi connectivity index (χ4n) is 2.87. The molecule has 0 unspecified atom stereocenters. The van der Waals surface area contributed by atoms with Gasteiger partial charge in [0.15, 0.2) is 0 Å². The highest BCUT2D eigenvalue weighted by atomic mass is 16.5. The van der Waals surface area contributed by atoms with Gasteiger partial charge in [0, 0.05) is 24.5 Å². The summed E-state index contributed by atoms with van der Waals surface area (Å²) in [6.07, 6.45) is 1.79. The first-order valence-corrected chi connectivity index (χ1v) is 7.29. The van der Waals surface area contributed by atoms with Crippen molar-refractivity contribution >= 4 is 11.8 Å². The zero-order valence-corrected chi connectivity index (χ0v) is 12.7. The summed E-state index contributed by atoms with van der Waals surface area (Å²) in [6.45, 7) is 6.85. The van der Waals surface area contributed by atoms with Gasteiger partial charge in [0.05, 0.1) is 30.7 Å². The largest absolute Gasteiger partial charge is 0.478 e. The molecule has 0 aromatic carbocycles. The molecule has 3 heterocycles. The number of carbonyl (C=O) groups is 1. The Morgan fingerprint density at radius 3 is 2.55 bits per heavy atom. The summed E-state index contributed by atoms with van der Waals surface area (Å²) < 4.78 is 7.26. The number of aryl methyl sites for hydroxylation is 1. The molecule has 3 rings (SSSR count). The third-order valence-corrected chi connectivity index (χ3v) is 3.99. The van der Waals surface area contributed by atoms with Gasteiger partial charge < -0.3 is 19.3 Å². The van der Waals surface area contributed by atoms with Crippen LogP contribution in [0.5, 0.6) is 0 Å². The van der Waals surface area contributed by atoms with Crippen LogP contribution in [0.25, 0.3) is 5.69 Å². The Morgan fingerprint density at radius 2 is 2.00 bits per heavy atom. The van der Waals surface area contributed by atoms with Crippen molar-refractivity contribution in [3.8, 4) is 5.69 Å².